The number of imidazole rings is 1. The van der Waals surface area contributed by atoms with E-state index >= 15 is 0 Å². The summed E-state index contributed by atoms with van der Waals surface area (Å²) < 4.78 is 2.20. The molecule has 6 heteroatoms. The number of H-pyrrole nitrogens is 1. The number of aromatic amines is 1. The quantitative estimate of drug-likeness (QED) is 0.312. The van der Waals surface area contributed by atoms with Crippen LogP contribution in [0.3, 0.4) is 0 Å². The van der Waals surface area contributed by atoms with Gasteiger partial charge in [0.15, 0.2) is 0 Å². The zero-order valence-corrected chi connectivity index (χ0v) is 18.4. The van der Waals surface area contributed by atoms with Gasteiger partial charge in [0.05, 0.1) is 16.7 Å². The number of benzene rings is 2. The number of amides is 1. The first-order valence-corrected chi connectivity index (χ1v) is 10.7. The van der Waals surface area contributed by atoms with Gasteiger partial charge in [0.25, 0.3) is 5.91 Å². The Labute approximate surface area is 187 Å². The van der Waals surface area contributed by atoms with Crippen molar-refractivity contribution in [1.82, 2.24) is 14.5 Å². The molecule has 0 fully saturated rings. The lowest BCUT2D eigenvalue weighted by molar-refractivity contribution is -0.112. The number of para-hydroxylation sites is 3. The maximum atomic E-state index is 13.0. The lowest BCUT2D eigenvalue weighted by atomic mass is 10.1. The first-order valence-electron chi connectivity index (χ1n) is 10.7. The maximum absolute atomic E-state index is 13.0. The summed E-state index contributed by atoms with van der Waals surface area (Å²) >= 11 is 0. The summed E-state index contributed by atoms with van der Waals surface area (Å²) in [5.41, 5.74) is 6.22. The predicted octanol–water partition coefficient (Wildman–Crippen LogP) is 5.60. The molecule has 0 aliphatic carbocycles. The highest BCUT2D eigenvalue weighted by atomic mass is 16.1. The number of aryl methyl sites for hydroxylation is 1. The summed E-state index contributed by atoms with van der Waals surface area (Å²) in [4.78, 5) is 20.9. The molecule has 0 radical (unpaired) electrons. The molecule has 6 nitrogen and oxygen atoms in total. The van der Waals surface area contributed by atoms with Crippen molar-refractivity contribution in [2.24, 2.45) is 0 Å². The van der Waals surface area contributed by atoms with E-state index in [0.29, 0.717) is 11.5 Å². The maximum Gasteiger partial charge on any atom is 0.266 e. The molecule has 4 rings (SSSR count). The standard InChI is InChI=1S/C26H25N5O/c1-4-13-31-17(2)14-19(18(31)3)15-20(16-27)26(32)30-22-10-6-5-9-21(22)25-28-23-11-7-8-12-24(23)29-25/h5-12,14-15H,4,13H2,1-3H3,(H,28,29)(H,30,32). The first kappa shape index (κ1) is 21.1. The molecular formula is C26H25N5O. The molecule has 4 aromatic rings. The van der Waals surface area contributed by atoms with E-state index in [-0.39, 0.29) is 5.57 Å². The van der Waals surface area contributed by atoms with Gasteiger partial charge in [-0.1, -0.05) is 31.2 Å². The van der Waals surface area contributed by atoms with Gasteiger partial charge in [-0.15, -0.1) is 0 Å². The minimum Gasteiger partial charge on any atom is -0.349 e. The molecule has 0 saturated heterocycles. The molecule has 0 aliphatic heterocycles. The molecule has 160 valence electrons. The van der Waals surface area contributed by atoms with Crippen molar-refractivity contribution < 1.29 is 4.79 Å². The number of hydrogen-bond acceptors (Lipinski definition) is 3. The Balaban J connectivity index is 1.65. The number of anilines is 1. The van der Waals surface area contributed by atoms with E-state index in [4.69, 9.17) is 0 Å². The molecular weight excluding hydrogens is 398 g/mol. The van der Waals surface area contributed by atoms with Crippen molar-refractivity contribution in [3.05, 3.63) is 77.1 Å². The van der Waals surface area contributed by atoms with Crippen molar-refractivity contribution in [3.63, 3.8) is 0 Å². The molecule has 0 atom stereocenters. The molecule has 32 heavy (non-hydrogen) atoms. The van der Waals surface area contributed by atoms with Crippen LogP contribution in [-0.2, 0) is 11.3 Å². The Hall–Kier alpha value is -4.11. The van der Waals surface area contributed by atoms with Crippen LogP contribution in [0, 0.1) is 25.2 Å². The van der Waals surface area contributed by atoms with Gasteiger partial charge < -0.3 is 14.9 Å². The predicted molar refractivity (Wildman–Crippen MR) is 128 cm³/mol. The van der Waals surface area contributed by atoms with Crippen molar-refractivity contribution in [2.45, 2.75) is 33.7 Å². The highest BCUT2D eigenvalue weighted by Crippen LogP contribution is 2.28. The monoisotopic (exact) mass is 423 g/mol. The lowest BCUT2D eigenvalue weighted by Crippen LogP contribution is -2.14. The molecule has 2 aromatic carbocycles. The third-order valence-electron chi connectivity index (χ3n) is 5.54. The summed E-state index contributed by atoms with van der Waals surface area (Å²) in [6.07, 6.45) is 2.68. The number of nitrogens with one attached hydrogen (secondary N) is 2. The van der Waals surface area contributed by atoms with Gasteiger partial charge in [-0.05, 0) is 62.2 Å². The van der Waals surface area contributed by atoms with E-state index in [1.54, 1.807) is 6.08 Å². The number of hydrogen-bond donors (Lipinski definition) is 2. The van der Waals surface area contributed by atoms with Crippen molar-refractivity contribution in [3.8, 4) is 17.5 Å². The van der Waals surface area contributed by atoms with E-state index in [9.17, 15) is 10.1 Å². The smallest absolute Gasteiger partial charge is 0.266 e. The van der Waals surface area contributed by atoms with Crippen LogP contribution < -0.4 is 5.32 Å². The number of carbonyl (C=O) groups excluding carboxylic acids is 1. The molecule has 2 heterocycles. The van der Waals surface area contributed by atoms with Gasteiger partial charge in [0.2, 0.25) is 0 Å². The molecule has 0 aliphatic rings. The normalized spacial score (nSPS) is 11.5. The SMILES string of the molecule is CCCn1c(C)cc(C=C(C#N)C(=O)Nc2ccccc2-c2nc3ccccc3[nH]2)c1C. The van der Waals surface area contributed by atoms with Crippen LogP contribution in [0.2, 0.25) is 0 Å². The van der Waals surface area contributed by atoms with E-state index in [1.165, 1.54) is 0 Å². The average molecular weight is 424 g/mol. The Morgan fingerprint density at radius 2 is 1.94 bits per heavy atom. The van der Waals surface area contributed by atoms with Crippen LogP contribution in [0.5, 0.6) is 0 Å². The summed E-state index contributed by atoms with van der Waals surface area (Å²) in [6, 6.07) is 19.3. The zero-order valence-electron chi connectivity index (χ0n) is 18.4. The molecule has 1 amide bonds. The van der Waals surface area contributed by atoms with Gasteiger partial charge >= 0.3 is 0 Å². The molecule has 0 unspecified atom stereocenters. The van der Waals surface area contributed by atoms with E-state index in [0.717, 1.165) is 46.5 Å². The minimum absolute atomic E-state index is 0.0566. The Morgan fingerprint density at radius 1 is 1.19 bits per heavy atom. The second-order valence-electron chi connectivity index (χ2n) is 7.75. The van der Waals surface area contributed by atoms with E-state index in [1.807, 2.05) is 68.4 Å². The minimum atomic E-state index is -0.448. The van der Waals surface area contributed by atoms with Crippen LogP contribution in [0.25, 0.3) is 28.5 Å². The Morgan fingerprint density at radius 3 is 2.69 bits per heavy atom. The topological polar surface area (TPSA) is 86.5 Å². The van der Waals surface area contributed by atoms with Gasteiger partial charge in [-0.25, -0.2) is 4.98 Å². The fraction of sp³-hybridized carbons (Fsp3) is 0.192. The zero-order chi connectivity index (χ0) is 22.7. The highest BCUT2D eigenvalue weighted by molar-refractivity contribution is 6.11. The van der Waals surface area contributed by atoms with E-state index in [2.05, 4.69) is 32.8 Å². The van der Waals surface area contributed by atoms with Gasteiger partial charge in [0, 0.05) is 23.5 Å². The third-order valence-corrected chi connectivity index (χ3v) is 5.54. The number of carbonyl (C=O) groups is 1. The van der Waals surface area contributed by atoms with Crippen LogP contribution in [-0.4, -0.2) is 20.4 Å². The number of nitrogens with zero attached hydrogens (tertiary/aromatic N) is 3. The summed E-state index contributed by atoms with van der Waals surface area (Å²) in [5, 5.41) is 12.6. The summed E-state index contributed by atoms with van der Waals surface area (Å²) in [6.45, 7) is 7.08. The van der Waals surface area contributed by atoms with Gasteiger partial charge in [-0.2, -0.15) is 5.26 Å². The highest BCUT2D eigenvalue weighted by Gasteiger charge is 2.16. The fourth-order valence-corrected chi connectivity index (χ4v) is 3.91. The van der Waals surface area contributed by atoms with Crippen LogP contribution in [0.4, 0.5) is 5.69 Å². The van der Waals surface area contributed by atoms with Gasteiger partial charge in [0.1, 0.15) is 17.5 Å². The van der Waals surface area contributed by atoms with Crippen LogP contribution in [0.1, 0.15) is 30.3 Å². The van der Waals surface area contributed by atoms with Crippen LogP contribution in [0.15, 0.2) is 60.2 Å². The molecule has 0 bridgehead atoms. The number of nitriles is 1. The van der Waals surface area contributed by atoms with Crippen molar-refractivity contribution in [1.29, 1.82) is 5.26 Å². The fourth-order valence-electron chi connectivity index (χ4n) is 3.91. The second-order valence-corrected chi connectivity index (χ2v) is 7.75. The molecule has 2 aromatic heterocycles. The molecule has 0 saturated carbocycles. The number of aromatic nitrogens is 3. The first-order chi connectivity index (χ1) is 15.5. The number of rotatable bonds is 6. The Kier molecular flexibility index (Phi) is 5.91. The van der Waals surface area contributed by atoms with Gasteiger partial charge in [-0.3, -0.25) is 4.79 Å². The average Bonchev–Trinajstić information content (AvgIpc) is 3.34. The van der Waals surface area contributed by atoms with E-state index < -0.39 is 5.91 Å². The third kappa shape index (κ3) is 4.06. The van der Waals surface area contributed by atoms with Crippen LogP contribution >= 0.6 is 0 Å². The lowest BCUT2D eigenvalue weighted by Gasteiger charge is -2.09. The van der Waals surface area contributed by atoms with Crippen molar-refractivity contribution in [2.75, 3.05) is 5.32 Å². The van der Waals surface area contributed by atoms with Crippen molar-refractivity contribution >= 4 is 28.7 Å². The summed E-state index contributed by atoms with van der Waals surface area (Å²) in [5.74, 6) is 0.212. The largest absolute Gasteiger partial charge is 0.349 e. The number of fused-ring (bicyclic) bond motifs is 1. The Bertz CT molecular complexity index is 1330. The summed E-state index contributed by atoms with van der Waals surface area (Å²) in [7, 11) is 0. The molecule has 0 spiro atoms. The molecule has 2 N–H and O–H groups in total. The second kappa shape index (κ2) is 8.94.